The van der Waals surface area contributed by atoms with Gasteiger partial charge in [0, 0.05) is 45.0 Å². The molecule has 1 saturated heterocycles. The fraction of sp³-hybridized carbons (Fsp3) is 0.733. The van der Waals surface area contributed by atoms with Gasteiger partial charge in [-0.3, -0.25) is 9.58 Å². The molecule has 1 fully saturated rings. The maximum Gasteiger partial charge on any atom is 0.191 e. The zero-order valence-electron chi connectivity index (χ0n) is 13.7. The van der Waals surface area contributed by atoms with Crippen molar-refractivity contribution >= 4 is 5.96 Å². The SMILES string of the molecule is CCNC(=NCc1cnn(C)c1)NCCCN1CCOCC1. The number of guanidine groups is 1. The van der Waals surface area contributed by atoms with Crippen LogP contribution in [0.4, 0.5) is 0 Å². The molecule has 0 aromatic carbocycles. The first-order valence-electron chi connectivity index (χ1n) is 8.07. The van der Waals surface area contributed by atoms with Gasteiger partial charge in [-0.2, -0.15) is 5.10 Å². The third-order valence-corrected chi connectivity index (χ3v) is 3.57. The van der Waals surface area contributed by atoms with Gasteiger partial charge in [-0.25, -0.2) is 4.99 Å². The molecule has 124 valence electrons. The Balaban J connectivity index is 1.68. The second kappa shape index (κ2) is 9.42. The number of hydrogen-bond donors (Lipinski definition) is 2. The van der Waals surface area contributed by atoms with Gasteiger partial charge in [-0.15, -0.1) is 0 Å². The Bertz CT molecular complexity index is 453. The lowest BCUT2D eigenvalue weighted by molar-refractivity contribution is 0.0376. The molecular formula is C15H28N6O. The van der Waals surface area contributed by atoms with Crippen LogP contribution in [0.1, 0.15) is 18.9 Å². The van der Waals surface area contributed by atoms with E-state index in [0.717, 1.165) is 63.9 Å². The van der Waals surface area contributed by atoms with Crippen molar-refractivity contribution in [2.75, 3.05) is 45.9 Å². The Kier molecular flexibility index (Phi) is 7.18. The summed E-state index contributed by atoms with van der Waals surface area (Å²) < 4.78 is 7.16. The maximum absolute atomic E-state index is 5.36. The Hall–Kier alpha value is -1.60. The van der Waals surface area contributed by atoms with E-state index in [1.165, 1.54) is 0 Å². The van der Waals surface area contributed by atoms with Crippen molar-refractivity contribution in [1.82, 2.24) is 25.3 Å². The van der Waals surface area contributed by atoms with Crippen molar-refractivity contribution in [3.05, 3.63) is 18.0 Å². The van der Waals surface area contributed by atoms with E-state index in [0.29, 0.717) is 6.54 Å². The molecule has 0 spiro atoms. The van der Waals surface area contributed by atoms with Gasteiger partial charge in [-0.1, -0.05) is 0 Å². The van der Waals surface area contributed by atoms with Gasteiger partial charge in [0.25, 0.3) is 0 Å². The molecule has 7 heteroatoms. The lowest BCUT2D eigenvalue weighted by atomic mass is 10.3. The van der Waals surface area contributed by atoms with E-state index >= 15 is 0 Å². The summed E-state index contributed by atoms with van der Waals surface area (Å²) in [4.78, 5) is 7.04. The standard InChI is InChI=1S/C15H28N6O/c1-3-16-15(18-11-14-12-19-20(2)13-14)17-5-4-6-21-7-9-22-10-8-21/h12-13H,3-11H2,1-2H3,(H2,16,17,18). The third kappa shape index (κ3) is 6.03. The summed E-state index contributed by atoms with van der Waals surface area (Å²) in [6, 6.07) is 0. The van der Waals surface area contributed by atoms with Gasteiger partial charge >= 0.3 is 0 Å². The van der Waals surface area contributed by atoms with Crippen LogP contribution in [-0.4, -0.2) is 66.6 Å². The van der Waals surface area contributed by atoms with E-state index in [-0.39, 0.29) is 0 Å². The molecule has 7 nitrogen and oxygen atoms in total. The lowest BCUT2D eigenvalue weighted by Crippen LogP contribution is -2.40. The number of nitrogens with one attached hydrogen (secondary N) is 2. The van der Waals surface area contributed by atoms with Crippen molar-refractivity contribution in [2.24, 2.45) is 12.0 Å². The Morgan fingerprint density at radius 3 is 2.86 bits per heavy atom. The van der Waals surface area contributed by atoms with Crippen LogP contribution in [0.3, 0.4) is 0 Å². The number of nitrogens with zero attached hydrogens (tertiary/aromatic N) is 4. The van der Waals surface area contributed by atoms with Crippen LogP contribution >= 0.6 is 0 Å². The van der Waals surface area contributed by atoms with E-state index < -0.39 is 0 Å². The van der Waals surface area contributed by atoms with Gasteiger partial charge in [0.15, 0.2) is 5.96 Å². The summed E-state index contributed by atoms with van der Waals surface area (Å²) in [5, 5.41) is 10.8. The van der Waals surface area contributed by atoms with Gasteiger partial charge in [0.05, 0.1) is 26.0 Å². The van der Waals surface area contributed by atoms with E-state index in [2.05, 4.69) is 32.5 Å². The largest absolute Gasteiger partial charge is 0.379 e. The Morgan fingerprint density at radius 1 is 1.36 bits per heavy atom. The van der Waals surface area contributed by atoms with E-state index in [1.54, 1.807) is 4.68 Å². The molecule has 22 heavy (non-hydrogen) atoms. The number of rotatable bonds is 7. The van der Waals surface area contributed by atoms with Crippen molar-refractivity contribution in [2.45, 2.75) is 19.9 Å². The molecule has 2 rings (SSSR count). The fourth-order valence-corrected chi connectivity index (χ4v) is 2.40. The minimum absolute atomic E-state index is 0.645. The highest BCUT2D eigenvalue weighted by Crippen LogP contribution is 1.99. The zero-order valence-corrected chi connectivity index (χ0v) is 13.7. The molecule has 0 unspecified atom stereocenters. The summed E-state index contributed by atoms with van der Waals surface area (Å²) in [5.41, 5.74) is 1.12. The number of hydrogen-bond acceptors (Lipinski definition) is 4. The van der Waals surface area contributed by atoms with Crippen LogP contribution in [-0.2, 0) is 18.3 Å². The minimum Gasteiger partial charge on any atom is -0.379 e. The minimum atomic E-state index is 0.645. The van der Waals surface area contributed by atoms with E-state index in [9.17, 15) is 0 Å². The number of aryl methyl sites for hydroxylation is 1. The average Bonchev–Trinajstić information content (AvgIpc) is 2.95. The predicted octanol–water partition coefficient (Wildman–Crippen LogP) is 0.198. The summed E-state index contributed by atoms with van der Waals surface area (Å²) >= 11 is 0. The van der Waals surface area contributed by atoms with Gasteiger partial charge in [-0.05, 0) is 19.9 Å². The first-order valence-corrected chi connectivity index (χ1v) is 8.07. The fourth-order valence-electron chi connectivity index (χ4n) is 2.40. The molecular weight excluding hydrogens is 280 g/mol. The molecule has 0 aliphatic carbocycles. The Labute approximate surface area is 132 Å². The smallest absolute Gasteiger partial charge is 0.191 e. The molecule has 2 heterocycles. The van der Waals surface area contributed by atoms with E-state index in [1.807, 2.05) is 19.4 Å². The van der Waals surface area contributed by atoms with Crippen molar-refractivity contribution in [3.63, 3.8) is 0 Å². The van der Waals surface area contributed by atoms with E-state index in [4.69, 9.17) is 4.74 Å². The molecule has 0 atom stereocenters. The zero-order chi connectivity index (χ0) is 15.6. The second-order valence-corrected chi connectivity index (χ2v) is 5.45. The van der Waals surface area contributed by atoms with Gasteiger partial charge in [0.2, 0.25) is 0 Å². The van der Waals surface area contributed by atoms with Gasteiger partial charge in [0.1, 0.15) is 0 Å². The number of aromatic nitrogens is 2. The van der Waals surface area contributed by atoms with Crippen LogP contribution in [0.2, 0.25) is 0 Å². The molecule has 0 radical (unpaired) electrons. The monoisotopic (exact) mass is 308 g/mol. The van der Waals surface area contributed by atoms with Crippen molar-refractivity contribution in [3.8, 4) is 0 Å². The maximum atomic E-state index is 5.36. The number of morpholine rings is 1. The van der Waals surface area contributed by atoms with Crippen molar-refractivity contribution < 1.29 is 4.74 Å². The summed E-state index contributed by atoms with van der Waals surface area (Å²) in [5.74, 6) is 0.869. The topological polar surface area (TPSA) is 66.7 Å². The number of aliphatic imine (C=N–C) groups is 1. The molecule has 1 aromatic rings. The molecule has 0 bridgehead atoms. The van der Waals surface area contributed by atoms with Crippen molar-refractivity contribution in [1.29, 1.82) is 0 Å². The molecule has 1 aliphatic heterocycles. The summed E-state index contributed by atoms with van der Waals surface area (Å²) in [6.07, 6.45) is 4.95. The predicted molar refractivity (Wildman–Crippen MR) is 87.9 cm³/mol. The lowest BCUT2D eigenvalue weighted by Gasteiger charge is -2.26. The molecule has 1 aliphatic rings. The van der Waals surface area contributed by atoms with Gasteiger partial charge < -0.3 is 15.4 Å². The Morgan fingerprint density at radius 2 is 2.18 bits per heavy atom. The van der Waals surface area contributed by atoms with Crippen LogP contribution in [0.5, 0.6) is 0 Å². The summed E-state index contributed by atoms with van der Waals surface area (Å²) in [7, 11) is 1.92. The van der Waals surface area contributed by atoms with Crippen LogP contribution < -0.4 is 10.6 Å². The molecule has 0 amide bonds. The normalized spacial score (nSPS) is 16.7. The first-order chi connectivity index (χ1) is 10.8. The van der Waals surface area contributed by atoms with Crippen LogP contribution in [0.15, 0.2) is 17.4 Å². The second-order valence-electron chi connectivity index (χ2n) is 5.45. The average molecular weight is 308 g/mol. The third-order valence-electron chi connectivity index (χ3n) is 3.57. The first kappa shape index (κ1) is 16.8. The molecule has 0 saturated carbocycles. The molecule has 2 N–H and O–H groups in total. The molecule has 1 aromatic heterocycles. The highest BCUT2D eigenvalue weighted by Gasteiger charge is 2.09. The highest BCUT2D eigenvalue weighted by molar-refractivity contribution is 5.79. The number of ether oxygens (including phenoxy) is 1. The summed E-state index contributed by atoms with van der Waals surface area (Å²) in [6.45, 7) is 9.45. The quantitative estimate of drug-likeness (QED) is 0.428. The van der Waals surface area contributed by atoms with Crippen LogP contribution in [0, 0.1) is 0 Å². The highest BCUT2D eigenvalue weighted by atomic mass is 16.5. The van der Waals surface area contributed by atoms with Crippen LogP contribution in [0.25, 0.3) is 0 Å².